The Morgan fingerprint density at radius 2 is 1.75 bits per heavy atom. The molecule has 1 nitrogen and oxygen atoms in total. The van der Waals surface area contributed by atoms with Crippen molar-refractivity contribution in [2.75, 3.05) is 0 Å². The van der Waals surface area contributed by atoms with Gasteiger partial charge in [-0.05, 0) is 24.3 Å². The first-order valence-electron chi connectivity index (χ1n) is 4.88. The van der Waals surface area contributed by atoms with Crippen LogP contribution in [0.15, 0.2) is 42.5 Å². The molecule has 1 heterocycles. The molecule has 0 bridgehead atoms. The molecule has 78 valence electrons. The van der Waals surface area contributed by atoms with E-state index in [9.17, 15) is 8.78 Å². The second-order valence-corrected chi connectivity index (χ2v) is 3.64. The minimum atomic E-state index is -0.385. The number of rotatable bonds is 0. The van der Waals surface area contributed by atoms with Gasteiger partial charge < -0.3 is 0 Å². The molecule has 0 N–H and O–H groups in total. The first-order chi connectivity index (χ1) is 7.74. The van der Waals surface area contributed by atoms with E-state index in [2.05, 4.69) is 4.98 Å². The number of hydrogen-bond acceptors (Lipinski definition) is 1. The molecule has 0 amide bonds. The maximum absolute atomic E-state index is 13.5. The normalized spacial score (nSPS) is 11.1. The highest BCUT2D eigenvalue weighted by Gasteiger charge is 2.04. The molecular weight excluding hydrogens is 208 g/mol. The fourth-order valence-electron chi connectivity index (χ4n) is 1.79. The molecule has 3 aromatic rings. The Balaban J connectivity index is 2.49. The number of para-hydroxylation sites is 1. The number of pyridine rings is 1. The Labute approximate surface area is 90.3 Å². The highest BCUT2D eigenvalue weighted by molar-refractivity contribution is 5.92. The average Bonchev–Trinajstić information content (AvgIpc) is 2.28. The Bertz CT molecular complexity index is 692. The van der Waals surface area contributed by atoms with Crippen molar-refractivity contribution < 1.29 is 8.78 Å². The van der Waals surface area contributed by atoms with Crippen molar-refractivity contribution in [3.63, 3.8) is 0 Å². The SMILES string of the molecule is Fc1ccc2cc3cccc(F)c3nc2c1. The number of benzene rings is 2. The van der Waals surface area contributed by atoms with E-state index in [-0.39, 0.29) is 17.2 Å². The number of fused-ring (bicyclic) bond motifs is 2. The molecule has 0 saturated carbocycles. The van der Waals surface area contributed by atoms with Gasteiger partial charge in [-0.1, -0.05) is 12.1 Å². The topological polar surface area (TPSA) is 12.9 Å². The summed E-state index contributed by atoms with van der Waals surface area (Å²) in [5.74, 6) is -0.751. The monoisotopic (exact) mass is 215 g/mol. The van der Waals surface area contributed by atoms with Crippen molar-refractivity contribution in [3.05, 3.63) is 54.1 Å². The van der Waals surface area contributed by atoms with Gasteiger partial charge in [0.1, 0.15) is 17.2 Å². The van der Waals surface area contributed by atoms with Gasteiger partial charge >= 0.3 is 0 Å². The fraction of sp³-hybridized carbons (Fsp3) is 0. The summed E-state index contributed by atoms with van der Waals surface area (Å²) in [4.78, 5) is 4.12. The van der Waals surface area contributed by atoms with Crippen molar-refractivity contribution in [1.29, 1.82) is 0 Å². The minimum Gasteiger partial charge on any atom is -0.245 e. The molecule has 0 saturated heterocycles. The van der Waals surface area contributed by atoms with E-state index < -0.39 is 0 Å². The Morgan fingerprint density at radius 3 is 2.62 bits per heavy atom. The lowest BCUT2D eigenvalue weighted by Gasteiger charge is -2.02. The molecule has 1 aromatic heterocycles. The van der Waals surface area contributed by atoms with E-state index in [1.807, 2.05) is 0 Å². The number of hydrogen-bond donors (Lipinski definition) is 0. The van der Waals surface area contributed by atoms with E-state index in [4.69, 9.17) is 0 Å². The van der Waals surface area contributed by atoms with Gasteiger partial charge in [0, 0.05) is 16.8 Å². The molecule has 0 aliphatic carbocycles. The predicted molar refractivity (Wildman–Crippen MR) is 59.2 cm³/mol. The fourth-order valence-corrected chi connectivity index (χ4v) is 1.79. The molecule has 0 aliphatic rings. The zero-order valence-corrected chi connectivity index (χ0v) is 8.24. The summed E-state index contributed by atoms with van der Waals surface area (Å²) >= 11 is 0. The van der Waals surface area contributed by atoms with Crippen LogP contribution < -0.4 is 0 Å². The molecule has 0 radical (unpaired) electrons. The van der Waals surface area contributed by atoms with Crippen molar-refractivity contribution in [3.8, 4) is 0 Å². The standard InChI is InChI=1S/C13H7F2N/c14-10-5-4-8-6-9-2-1-3-11(15)13(9)16-12(8)7-10/h1-7H. The average molecular weight is 215 g/mol. The summed E-state index contributed by atoms with van der Waals surface area (Å²) in [6.07, 6.45) is 0. The van der Waals surface area contributed by atoms with Crippen LogP contribution in [0.1, 0.15) is 0 Å². The lowest BCUT2D eigenvalue weighted by atomic mass is 10.1. The smallest absolute Gasteiger partial charge is 0.149 e. The van der Waals surface area contributed by atoms with Crippen LogP contribution in [0.25, 0.3) is 21.8 Å². The van der Waals surface area contributed by atoms with Crippen LogP contribution in [0.2, 0.25) is 0 Å². The highest BCUT2D eigenvalue weighted by Crippen LogP contribution is 2.21. The zero-order chi connectivity index (χ0) is 11.1. The van der Waals surface area contributed by atoms with Crippen LogP contribution in [0.4, 0.5) is 8.78 Å². The molecule has 0 unspecified atom stereocenters. The van der Waals surface area contributed by atoms with Gasteiger partial charge in [-0.25, -0.2) is 13.8 Å². The summed E-state index contributed by atoms with van der Waals surface area (Å²) in [5, 5.41) is 1.53. The van der Waals surface area contributed by atoms with Crippen LogP contribution in [-0.4, -0.2) is 4.98 Å². The number of nitrogens with zero attached hydrogens (tertiary/aromatic N) is 1. The number of aromatic nitrogens is 1. The molecule has 2 aromatic carbocycles. The largest absolute Gasteiger partial charge is 0.245 e. The molecule has 3 rings (SSSR count). The van der Waals surface area contributed by atoms with Crippen LogP contribution in [0.5, 0.6) is 0 Å². The molecular formula is C13H7F2N. The van der Waals surface area contributed by atoms with Crippen LogP contribution in [-0.2, 0) is 0 Å². The Morgan fingerprint density at radius 1 is 0.875 bits per heavy atom. The third kappa shape index (κ3) is 1.33. The van der Waals surface area contributed by atoms with Crippen LogP contribution >= 0.6 is 0 Å². The maximum atomic E-state index is 13.5. The lowest BCUT2D eigenvalue weighted by Crippen LogP contribution is -1.87. The van der Waals surface area contributed by atoms with E-state index in [0.29, 0.717) is 5.52 Å². The highest BCUT2D eigenvalue weighted by atomic mass is 19.1. The third-order valence-corrected chi connectivity index (χ3v) is 2.55. The Kier molecular flexibility index (Phi) is 1.86. The molecule has 3 heteroatoms. The van der Waals surface area contributed by atoms with Crippen LogP contribution in [0, 0.1) is 11.6 Å². The quantitative estimate of drug-likeness (QED) is 0.521. The molecule has 0 aliphatic heterocycles. The molecule has 0 spiro atoms. The predicted octanol–water partition coefficient (Wildman–Crippen LogP) is 3.67. The van der Waals surface area contributed by atoms with E-state index in [1.54, 1.807) is 24.3 Å². The summed E-state index contributed by atoms with van der Waals surface area (Å²) < 4.78 is 26.5. The van der Waals surface area contributed by atoms with Crippen molar-refractivity contribution in [1.82, 2.24) is 4.98 Å². The van der Waals surface area contributed by atoms with Crippen LogP contribution in [0.3, 0.4) is 0 Å². The first kappa shape index (κ1) is 9.21. The maximum Gasteiger partial charge on any atom is 0.149 e. The minimum absolute atomic E-state index is 0.278. The first-order valence-corrected chi connectivity index (χ1v) is 4.88. The molecule has 0 atom stereocenters. The van der Waals surface area contributed by atoms with Gasteiger partial charge in [-0.3, -0.25) is 0 Å². The van der Waals surface area contributed by atoms with E-state index in [1.165, 1.54) is 18.2 Å². The van der Waals surface area contributed by atoms with Gasteiger partial charge in [0.05, 0.1) is 5.52 Å². The summed E-state index contributed by atoms with van der Waals surface area (Å²) in [7, 11) is 0. The zero-order valence-electron chi connectivity index (χ0n) is 8.24. The second kappa shape index (κ2) is 3.23. The summed E-state index contributed by atoms with van der Waals surface area (Å²) in [6, 6.07) is 10.9. The van der Waals surface area contributed by atoms with Gasteiger partial charge in [0.2, 0.25) is 0 Å². The third-order valence-electron chi connectivity index (χ3n) is 2.55. The number of halogens is 2. The lowest BCUT2D eigenvalue weighted by molar-refractivity contribution is 0.628. The molecule has 16 heavy (non-hydrogen) atoms. The molecule has 0 fully saturated rings. The van der Waals surface area contributed by atoms with Gasteiger partial charge in [-0.2, -0.15) is 0 Å². The van der Waals surface area contributed by atoms with Gasteiger partial charge in [0.25, 0.3) is 0 Å². The van der Waals surface area contributed by atoms with Gasteiger partial charge in [0.15, 0.2) is 0 Å². The van der Waals surface area contributed by atoms with Gasteiger partial charge in [-0.15, -0.1) is 0 Å². The summed E-state index contributed by atoms with van der Waals surface area (Å²) in [5.41, 5.74) is 0.748. The van der Waals surface area contributed by atoms with E-state index in [0.717, 1.165) is 10.8 Å². The van der Waals surface area contributed by atoms with E-state index >= 15 is 0 Å². The second-order valence-electron chi connectivity index (χ2n) is 3.64. The van der Waals surface area contributed by atoms with Crippen molar-refractivity contribution >= 4 is 21.8 Å². The van der Waals surface area contributed by atoms with Crippen molar-refractivity contribution in [2.24, 2.45) is 0 Å². The van der Waals surface area contributed by atoms with Crippen molar-refractivity contribution in [2.45, 2.75) is 0 Å². The summed E-state index contributed by atoms with van der Waals surface area (Å²) in [6.45, 7) is 0. The Hall–Kier alpha value is -2.03.